The van der Waals surface area contributed by atoms with Crippen LogP contribution in [0, 0.1) is 0 Å². The van der Waals surface area contributed by atoms with Crippen molar-refractivity contribution in [3.63, 3.8) is 0 Å². The minimum absolute atomic E-state index is 0.0192. The molecule has 0 radical (unpaired) electrons. The molecule has 1 aliphatic rings. The highest BCUT2D eigenvalue weighted by atomic mass is 35.5. The molecule has 8 heteroatoms. The van der Waals surface area contributed by atoms with Gasteiger partial charge in [-0.3, -0.25) is 9.69 Å². The summed E-state index contributed by atoms with van der Waals surface area (Å²) in [5.41, 5.74) is 2.56. The summed E-state index contributed by atoms with van der Waals surface area (Å²) in [5.74, 6) is -0.0400. The molecule has 3 rings (SSSR count). The molecule has 6 nitrogen and oxygen atoms in total. The molecule has 0 bridgehead atoms. The van der Waals surface area contributed by atoms with Crippen LogP contribution in [-0.4, -0.2) is 44.9 Å². The van der Waals surface area contributed by atoms with Crippen LogP contribution >= 0.6 is 11.6 Å². The van der Waals surface area contributed by atoms with E-state index in [1.807, 2.05) is 45.0 Å². The van der Waals surface area contributed by atoms with Gasteiger partial charge in [0, 0.05) is 36.3 Å². The second kappa shape index (κ2) is 9.69. The molecule has 1 aliphatic heterocycles. The third kappa shape index (κ3) is 4.95. The summed E-state index contributed by atoms with van der Waals surface area (Å²) in [6, 6.07) is 12.4. The van der Waals surface area contributed by atoms with Gasteiger partial charge in [0.2, 0.25) is 15.9 Å². The summed E-state index contributed by atoms with van der Waals surface area (Å²) in [6.45, 7) is 9.33. The van der Waals surface area contributed by atoms with Crippen LogP contribution < -0.4 is 9.62 Å². The van der Waals surface area contributed by atoms with E-state index in [2.05, 4.69) is 9.62 Å². The summed E-state index contributed by atoms with van der Waals surface area (Å²) >= 11 is 6.42. The van der Waals surface area contributed by atoms with Crippen LogP contribution in [0.2, 0.25) is 5.02 Å². The monoisotopic (exact) mass is 463 g/mol. The van der Waals surface area contributed by atoms with E-state index >= 15 is 0 Å². The first-order chi connectivity index (χ1) is 14.7. The molecule has 168 valence electrons. The molecule has 1 heterocycles. The lowest BCUT2D eigenvalue weighted by molar-refractivity contribution is -0.116. The van der Waals surface area contributed by atoms with Crippen molar-refractivity contribution in [3.05, 3.63) is 58.6 Å². The third-order valence-electron chi connectivity index (χ3n) is 5.90. The number of nitrogens with one attached hydrogen (secondary N) is 1. The van der Waals surface area contributed by atoms with Gasteiger partial charge in [0.15, 0.2) is 0 Å². The van der Waals surface area contributed by atoms with Crippen molar-refractivity contribution in [3.8, 4) is 0 Å². The molecule has 0 saturated carbocycles. The van der Waals surface area contributed by atoms with Gasteiger partial charge in [-0.1, -0.05) is 43.6 Å². The van der Waals surface area contributed by atoms with Crippen molar-refractivity contribution < 1.29 is 13.2 Å². The zero-order valence-corrected chi connectivity index (χ0v) is 20.0. The van der Waals surface area contributed by atoms with Crippen molar-refractivity contribution in [2.75, 3.05) is 24.5 Å². The molecule has 0 aliphatic carbocycles. The highest BCUT2D eigenvalue weighted by molar-refractivity contribution is 7.89. The Hall–Kier alpha value is -1.93. The van der Waals surface area contributed by atoms with Gasteiger partial charge in [0.25, 0.3) is 0 Å². The molecular formula is C23H30ClN3O3S. The van der Waals surface area contributed by atoms with Gasteiger partial charge < -0.3 is 4.90 Å². The van der Waals surface area contributed by atoms with Gasteiger partial charge >= 0.3 is 0 Å². The largest absolute Gasteiger partial charge is 0.309 e. The zero-order chi connectivity index (χ0) is 22.8. The summed E-state index contributed by atoms with van der Waals surface area (Å²) in [4.78, 5) is 16.0. The number of anilines is 1. The quantitative estimate of drug-likeness (QED) is 0.642. The van der Waals surface area contributed by atoms with Crippen molar-refractivity contribution in [1.82, 2.24) is 9.62 Å². The Morgan fingerprint density at radius 3 is 2.52 bits per heavy atom. The lowest BCUT2D eigenvalue weighted by Gasteiger charge is -2.30. The normalized spacial score (nSPS) is 17.1. The number of hydrogen-bond donors (Lipinski definition) is 1. The number of amides is 1. The highest BCUT2D eigenvalue weighted by Gasteiger charge is 2.30. The van der Waals surface area contributed by atoms with Crippen molar-refractivity contribution in [2.24, 2.45) is 0 Å². The van der Waals surface area contributed by atoms with Crippen LogP contribution in [0.1, 0.15) is 44.9 Å². The predicted octanol–water partition coefficient (Wildman–Crippen LogP) is 4.00. The fourth-order valence-corrected chi connectivity index (χ4v) is 5.72. The van der Waals surface area contributed by atoms with Gasteiger partial charge in [-0.25, -0.2) is 13.1 Å². The number of sulfonamides is 1. The van der Waals surface area contributed by atoms with Gasteiger partial charge in [-0.2, -0.15) is 0 Å². The van der Waals surface area contributed by atoms with E-state index in [1.165, 1.54) is 6.92 Å². The molecule has 0 aromatic heterocycles. The number of carbonyl (C=O) groups excluding carboxylic acids is 1. The van der Waals surface area contributed by atoms with Crippen LogP contribution in [0.15, 0.2) is 47.4 Å². The Balaban J connectivity index is 1.85. The third-order valence-corrected chi connectivity index (χ3v) is 7.67. The predicted molar refractivity (Wildman–Crippen MR) is 125 cm³/mol. The maximum atomic E-state index is 13.1. The molecule has 1 N–H and O–H groups in total. The van der Waals surface area contributed by atoms with Crippen LogP contribution in [0.4, 0.5) is 5.69 Å². The van der Waals surface area contributed by atoms with Crippen LogP contribution in [0.25, 0.3) is 0 Å². The molecule has 1 amide bonds. The molecule has 31 heavy (non-hydrogen) atoms. The number of halogens is 1. The molecule has 0 saturated heterocycles. The fraction of sp³-hybridized carbons (Fsp3) is 0.435. The molecule has 0 spiro atoms. The van der Waals surface area contributed by atoms with Gasteiger partial charge in [-0.15, -0.1) is 0 Å². The average molecular weight is 464 g/mol. The van der Waals surface area contributed by atoms with Crippen LogP contribution in [0.5, 0.6) is 0 Å². The van der Waals surface area contributed by atoms with Crippen LogP contribution in [-0.2, 0) is 21.2 Å². The standard InChI is InChI=1S/C23H30ClN3O3S/c1-5-26(6-2)23(20-9-7-8-10-21(20)24)15-25-31(29,30)19-11-12-22-18(14-19)13-16(3)27(22)17(4)28/h7-12,14,16,23,25H,5-6,13,15H2,1-4H3/t16-,23-/m1/s1. The topological polar surface area (TPSA) is 69.7 Å². The number of benzene rings is 2. The van der Waals surface area contributed by atoms with E-state index in [0.717, 1.165) is 29.9 Å². The lowest BCUT2D eigenvalue weighted by Crippen LogP contribution is -2.38. The molecule has 2 aromatic rings. The van der Waals surface area contributed by atoms with E-state index in [9.17, 15) is 13.2 Å². The highest BCUT2D eigenvalue weighted by Crippen LogP contribution is 2.34. The molecular weight excluding hydrogens is 434 g/mol. The van der Waals surface area contributed by atoms with Gasteiger partial charge in [-0.05, 0) is 61.8 Å². The second-order valence-corrected chi connectivity index (χ2v) is 10.0. The number of rotatable bonds is 8. The number of fused-ring (bicyclic) bond motifs is 1. The number of hydrogen-bond acceptors (Lipinski definition) is 4. The minimum atomic E-state index is -3.73. The Morgan fingerprint density at radius 2 is 1.90 bits per heavy atom. The molecule has 0 fully saturated rings. The van der Waals surface area contributed by atoms with E-state index in [4.69, 9.17) is 11.6 Å². The molecule has 2 aromatic carbocycles. The van der Waals surface area contributed by atoms with E-state index < -0.39 is 10.0 Å². The first-order valence-corrected chi connectivity index (χ1v) is 12.5. The second-order valence-electron chi connectivity index (χ2n) is 7.84. The smallest absolute Gasteiger partial charge is 0.240 e. The summed E-state index contributed by atoms with van der Waals surface area (Å²) in [5, 5.41) is 0.620. The zero-order valence-electron chi connectivity index (χ0n) is 18.4. The van der Waals surface area contributed by atoms with Crippen LogP contribution in [0.3, 0.4) is 0 Å². The number of carbonyl (C=O) groups is 1. The van der Waals surface area contributed by atoms with Gasteiger partial charge in [0.05, 0.1) is 4.90 Å². The fourth-order valence-electron chi connectivity index (χ4n) is 4.37. The summed E-state index contributed by atoms with van der Waals surface area (Å²) < 4.78 is 29.0. The SMILES string of the molecule is CCN(CC)[C@H](CNS(=O)(=O)c1ccc2c(c1)C[C@@H](C)N2C(C)=O)c1ccccc1Cl. The Labute approximate surface area is 190 Å². The molecule has 0 unspecified atom stereocenters. The number of likely N-dealkylation sites (N-methyl/N-ethyl adjacent to an activating group) is 1. The van der Waals surface area contributed by atoms with E-state index in [0.29, 0.717) is 11.4 Å². The number of nitrogens with zero attached hydrogens (tertiary/aromatic N) is 2. The maximum Gasteiger partial charge on any atom is 0.240 e. The average Bonchev–Trinajstić information content (AvgIpc) is 3.07. The van der Waals surface area contributed by atoms with E-state index in [-0.39, 0.29) is 29.4 Å². The maximum absolute atomic E-state index is 13.1. The van der Waals surface area contributed by atoms with Crippen molar-refractivity contribution in [2.45, 2.75) is 51.1 Å². The minimum Gasteiger partial charge on any atom is -0.309 e. The van der Waals surface area contributed by atoms with Crippen molar-refractivity contribution in [1.29, 1.82) is 0 Å². The Kier molecular flexibility index (Phi) is 7.42. The summed E-state index contributed by atoms with van der Waals surface area (Å²) in [7, 11) is -3.73. The molecule has 2 atom stereocenters. The summed E-state index contributed by atoms with van der Waals surface area (Å²) in [6.07, 6.45) is 0.639. The Morgan fingerprint density at radius 1 is 1.23 bits per heavy atom. The van der Waals surface area contributed by atoms with Crippen molar-refractivity contribution >= 4 is 33.2 Å². The first-order valence-electron chi connectivity index (χ1n) is 10.6. The lowest BCUT2D eigenvalue weighted by atomic mass is 10.1. The first kappa shape index (κ1) is 23.7. The van der Waals surface area contributed by atoms with Gasteiger partial charge in [0.1, 0.15) is 0 Å². The van der Waals surface area contributed by atoms with E-state index in [1.54, 1.807) is 23.1 Å². The Bertz CT molecular complexity index is 1050.